The maximum absolute atomic E-state index is 13.8. The second-order valence-electron chi connectivity index (χ2n) is 13.5. The summed E-state index contributed by atoms with van der Waals surface area (Å²) in [6.45, 7) is 10.1. The summed E-state index contributed by atoms with van der Waals surface area (Å²) in [5.74, 6) is 0.855. The van der Waals surface area contributed by atoms with Gasteiger partial charge in [-0.2, -0.15) is 0 Å². The van der Waals surface area contributed by atoms with Crippen LogP contribution in [0.3, 0.4) is 0 Å². The van der Waals surface area contributed by atoms with Gasteiger partial charge in [-0.15, -0.1) is 0 Å². The van der Waals surface area contributed by atoms with E-state index < -0.39 is 0 Å². The van der Waals surface area contributed by atoms with Crippen LogP contribution in [-0.2, 0) is 28.9 Å². The monoisotopic (exact) mass is 664 g/mol. The molecule has 0 spiro atoms. The number of aromatic nitrogens is 3. The Morgan fingerprint density at radius 1 is 1.06 bits per heavy atom. The molecule has 1 unspecified atom stereocenters. The molecule has 7 rings (SSSR count). The number of allylic oxidation sites excluding steroid dienone is 3. The zero-order valence-corrected chi connectivity index (χ0v) is 28.5. The smallest absolute Gasteiger partial charge is 0.261 e. The fourth-order valence-electron chi connectivity index (χ4n) is 7.59. The highest BCUT2D eigenvalue weighted by Crippen LogP contribution is 2.33. The van der Waals surface area contributed by atoms with E-state index in [1.54, 1.807) is 30.4 Å². The van der Waals surface area contributed by atoms with Crippen LogP contribution < -0.4 is 15.1 Å². The first-order valence-electron chi connectivity index (χ1n) is 17.2. The third-order valence-corrected chi connectivity index (χ3v) is 10.1. The molecule has 12 heteroatoms. The number of rotatable bonds is 10. The molecule has 3 aromatic rings. The lowest BCUT2D eigenvalue weighted by Gasteiger charge is -2.47. The Morgan fingerprint density at radius 2 is 1.92 bits per heavy atom. The number of hydrogen-bond donors (Lipinski definition) is 1. The van der Waals surface area contributed by atoms with Crippen LogP contribution in [0.1, 0.15) is 64.4 Å². The quantitative estimate of drug-likeness (QED) is 0.254. The molecule has 4 aliphatic heterocycles. The molecule has 0 aromatic carbocycles. The Balaban J connectivity index is 1.11. The van der Waals surface area contributed by atoms with Crippen LogP contribution in [0.5, 0.6) is 0 Å². The minimum Gasteiger partial charge on any atom is -0.378 e. The van der Waals surface area contributed by atoms with E-state index in [1.165, 1.54) is 10.6 Å². The standard InChI is InChI=1S/C37H44N8O4/c1-25(40-35-8-7-29(18-39-35)42-14-15-43(26(2)19-42)30-22-49-23-30)16-27(20-41(3)24-47)31-9-11-38-36(33(31)21-46)45-13-10-34-32(37(45)48)17-28-6-4-5-12-44(28)34/h7-9,11,16-18,20-21,24,26,30H,4-6,10,12-15,19,22-23H2,1-3H3,(H,39,40)/b25-16+,27-20+. The number of aldehydes is 1. The molecule has 7 heterocycles. The lowest BCUT2D eigenvalue weighted by Crippen LogP contribution is -2.60. The highest BCUT2D eigenvalue weighted by molar-refractivity contribution is 6.10. The van der Waals surface area contributed by atoms with E-state index >= 15 is 0 Å². The highest BCUT2D eigenvalue weighted by atomic mass is 16.5. The van der Waals surface area contributed by atoms with Crippen LogP contribution in [0.4, 0.5) is 17.3 Å². The van der Waals surface area contributed by atoms with Gasteiger partial charge in [-0.3, -0.25) is 24.2 Å². The average Bonchev–Trinajstić information content (AvgIpc) is 3.48. The van der Waals surface area contributed by atoms with Gasteiger partial charge in [-0.25, -0.2) is 9.97 Å². The molecule has 0 bridgehead atoms. The summed E-state index contributed by atoms with van der Waals surface area (Å²) in [5.41, 5.74) is 6.28. The van der Waals surface area contributed by atoms with Crippen LogP contribution in [0, 0.1) is 0 Å². The van der Waals surface area contributed by atoms with Crippen molar-refractivity contribution in [2.24, 2.45) is 0 Å². The zero-order chi connectivity index (χ0) is 34.1. The van der Waals surface area contributed by atoms with E-state index in [0.29, 0.717) is 65.4 Å². The first-order chi connectivity index (χ1) is 23.8. The van der Waals surface area contributed by atoms with E-state index in [0.717, 1.165) is 82.0 Å². The Morgan fingerprint density at radius 3 is 2.63 bits per heavy atom. The third-order valence-electron chi connectivity index (χ3n) is 10.1. The second kappa shape index (κ2) is 14.0. The molecule has 12 nitrogen and oxygen atoms in total. The average molecular weight is 665 g/mol. The van der Waals surface area contributed by atoms with E-state index in [1.807, 2.05) is 31.3 Å². The van der Waals surface area contributed by atoms with Gasteiger partial charge >= 0.3 is 0 Å². The first-order valence-corrected chi connectivity index (χ1v) is 17.2. The van der Waals surface area contributed by atoms with Gasteiger partial charge < -0.3 is 24.4 Å². The first kappa shape index (κ1) is 32.7. The molecule has 1 atom stereocenters. The molecule has 2 saturated heterocycles. The van der Waals surface area contributed by atoms with Crippen LogP contribution in [0.2, 0.25) is 0 Å². The third kappa shape index (κ3) is 6.50. The predicted octanol–water partition coefficient (Wildman–Crippen LogP) is 3.98. The predicted molar refractivity (Wildman–Crippen MR) is 189 cm³/mol. The number of amides is 2. The minimum absolute atomic E-state index is 0.140. The topological polar surface area (TPSA) is 116 Å². The number of hydrogen-bond acceptors (Lipinski definition) is 9. The number of nitrogens with one attached hydrogen (secondary N) is 1. The number of aryl methyl sites for hydroxylation is 1. The van der Waals surface area contributed by atoms with Crippen molar-refractivity contribution in [3.8, 4) is 0 Å². The Kier molecular flexibility index (Phi) is 9.33. The van der Waals surface area contributed by atoms with Crippen molar-refractivity contribution in [2.75, 3.05) is 61.6 Å². The van der Waals surface area contributed by atoms with E-state index in [9.17, 15) is 14.4 Å². The summed E-state index contributed by atoms with van der Waals surface area (Å²) in [4.78, 5) is 55.4. The molecule has 4 aliphatic rings. The minimum atomic E-state index is -0.140. The number of anilines is 3. The number of nitrogens with zero attached hydrogens (tertiary/aromatic N) is 7. The van der Waals surface area contributed by atoms with Crippen molar-refractivity contribution >= 4 is 41.5 Å². The summed E-state index contributed by atoms with van der Waals surface area (Å²) in [6.07, 6.45) is 12.4. The van der Waals surface area contributed by atoms with Gasteiger partial charge in [-0.1, -0.05) is 0 Å². The fraction of sp³-hybridized carbons (Fsp3) is 0.432. The molecular weight excluding hydrogens is 620 g/mol. The normalized spacial score (nSPS) is 20.4. The van der Waals surface area contributed by atoms with Crippen molar-refractivity contribution in [3.63, 3.8) is 0 Å². The number of pyridine rings is 2. The molecular formula is C37H44N8O4. The molecule has 0 radical (unpaired) electrons. The number of carbonyl (C=O) groups excluding carboxylic acids is 3. The summed E-state index contributed by atoms with van der Waals surface area (Å²) >= 11 is 0. The van der Waals surface area contributed by atoms with Gasteiger partial charge in [0.1, 0.15) is 11.6 Å². The summed E-state index contributed by atoms with van der Waals surface area (Å²) in [7, 11) is 1.64. The van der Waals surface area contributed by atoms with Gasteiger partial charge in [0, 0.05) is 87.3 Å². The van der Waals surface area contributed by atoms with E-state index in [-0.39, 0.29) is 5.91 Å². The fourth-order valence-corrected chi connectivity index (χ4v) is 7.59. The largest absolute Gasteiger partial charge is 0.378 e. The van der Waals surface area contributed by atoms with Crippen molar-refractivity contribution in [1.82, 2.24) is 24.3 Å². The van der Waals surface area contributed by atoms with Crippen molar-refractivity contribution in [3.05, 3.63) is 82.7 Å². The molecule has 1 N–H and O–H groups in total. The lowest BCUT2D eigenvalue weighted by atomic mass is 9.99. The van der Waals surface area contributed by atoms with E-state index in [2.05, 4.69) is 37.7 Å². The molecule has 49 heavy (non-hydrogen) atoms. The van der Waals surface area contributed by atoms with Gasteiger partial charge in [0.05, 0.1) is 42.3 Å². The highest BCUT2D eigenvalue weighted by Gasteiger charge is 2.34. The van der Waals surface area contributed by atoms with Crippen LogP contribution in [0.15, 0.2) is 54.6 Å². The Labute approximate surface area is 287 Å². The zero-order valence-electron chi connectivity index (χ0n) is 28.5. The van der Waals surface area contributed by atoms with Gasteiger partial charge in [0.15, 0.2) is 6.29 Å². The number of fused-ring (bicyclic) bond motifs is 3. The van der Waals surface area contributed by atoms with Gasteiger partial charge in [-0.05, 0) is 69.0 Å². The maximum Gasteiger partial charge on any atom is 0.261 e. The number of ether oxygens (including phenoxy) is 1. The number of carbonyl (C=O) groups is 3. The molecule has 0 saturated carbocycles. The second-order valence-corrected chi connectivity index (χ2v) is 13.5. The maximum atomic E-state index is 13.8. The Bertz CT molecular complexity index is 1790. The van der Waals surface area contributed by atoms with Crippen LogP contribution in [-0.4, -0.2) is 101 Å². The molecule has 2 fully saturated rings. The Hall–Kier alpha value is -4.81. The summed E-state index contributed by atoms with van der Waals surface area (Å²) in [6, 6.07) is 8.77. The van der Waals surface area contributed by atoms with Gasteiger partial charge in [0.2, 0.25) is 6.41 Å². The summed E-state index contributed by atoms with van der Waals surface area (Å²) < 4.78 is 7.70. The lowest BCUT2D eigenvalue weighted by molar-refractivity contribution is -0.114. The van der Waals surface area contributed by atoms with E-state index in [4.69, 9.17) is 9.72 Å². The van der Waals surface area contributed by atoms with Crippen molar-refractivity contribution < 1.29 is 19.1 Å². The molecule has 256 valence electrons. The van der Waals surface area contributed by atoms with Crippen molar-refractivity contribution in [1.29, 1.82) is 0 Å². The van der Waals surface area contributed by atoms with Gasteiger partial charge in [0.25, 0.3) is 5.91 Å². The molecule has 0 aliphatic carbocycles. The SMILES string of the molecule is C/C(=C\C(=C/N(C)C=O)c1ccnc(N2CCc3c(cc4n3CCCC4)C2=O)c1C=O)Nc1ccc(N2CCN(C3COC3)C(C)C2)cn1. The van der Waals surface area contributed by atoms with Crippen molar-refractivity contribution in [2.45, 2.75) is 58.2 Å². The number of piperazine rings is 1. The molecule has 2 amide bonds. The van der Waals surface area contributed by atoms with Crippen LogP contribution >= 0.6 is 0 Å². The van der Waals surface area contributed by atoms with Crippen LogP contribution in [0.25, 0.3) is 5.57 Å². The molecule has 3 aromatic heterocycles. The summed E-state index contributed by atoms with van der Waals surface area (Å²) in [5, 5.41) is 3.36.